The van der Waals surface area contributed by atoms with Crippen molar-refractivity contribution >= 4 is 0 Å². The molecule has 0 amide bonds. The maximum Gasteiger partial charge on any atom is 0.0130 e. The van der Waals surface area contributed by atoms with Gasteiger partial charge in [0.2, 0.25) is 0 Å². The summed E-state index contributed by atoms with van der Waals surface area (Å²) in [5.41, 5.74) is 1.98. The molecule has 1 rings (SSSR count). The average Bonchev–Trinajstić information content (AvgIpc) is 2.26. The third-order valence-electron chi connectivity index (χ3n) is 3.81. The molecule has 1 unspecified atom stereocenters. The zero-order chi connectivity index (χ0) is 15.4. The maximum absolute atomic E-state index is 3.80. The van der Waals surface area contributed by atoms with Gasteiger partial charge in [-0.1, -0.05) is 65.0 Å². The first-order valence-corrected chi connectivity index (χ1v) is 7.91. The van der Waals surface area contributed by atoms with Crippen molar-refractivity contribution in [3.8, 4) is 0 Å². The molecule has 1 nitrogen and oxygen atoms in total. The molecule has 0 saturated heterocycles. The van der Waals surface area contributed by atoms with Crippen molar-refractivity contribution in [2.45, 2.75) is 66.3 Å². The van der Waals surface area contributed by atoms with Crippen LogP contribution in [0.1, 0.15) is 66.4 Å². The lowest BCUT2D eigenvalue weighted by molar-refractivity contribution is 0.234. The van der Waals surface area contributed by atoms with Crippen molar-refractivity contribution in [1.82, 2.24) is 5.32 Å². The van der Waals surface area contributed by atoms with Crippen molar-refractivity contribution in [2.75, 3.05) is 6.54 Å². The molecule has 0 bridgehead atoms. The first-order chi connectivity index (χ1) is 9.11. The second kappa shape index (κ2) is 6.76. The molecule has 0 saturated carbocycles. The Morgan fingerprint density at radius 3 is 1.95 bits per heavy atom. The van der Waals surface area contributed by atoms with Crippen molar-refractivity contribution < 1.29 is 0 Å². The maximum atomic E-state index is 3.80. The van der Waals surface area contributed by atoms with E-state index in [1.807, 2.05) is 0 Å². The van der Waals surface area contributed by atoms with E-state index in [9.17, 15) is 0 Å². The molecule has 1 aromatic rings. The molecule has 1 N–H and O–H groups in total. The van der Waals surface area contributed by atoms with Gasteiger partial charge < -0.3 is 5.32 Å². The lowest BCUT2D eigenvalue weighted by atomic mass is 9.81. The monoisotopic (exact) mass is 275 g/mol. The normalized spacial score (nSPS) is 14.6. The van der Waals surface area contributed by atoms with E-state index in [0.717, 1.165) is 6.54 Å². The molecule has 0 heterocycles. The van der Waals surface area contributed by atoms with Gasteiger partial charge in [0.1, 0.15) is 0 Å². The topological polar surface area (TPSA) is 12.0 Å². The summed E-state index contributed by atoms with van der Waals surface area (Å²) >= 11 is 0. The van der Waals surface area contributed by atoms with E-state index in [2.05, 4.69) is 84.1 Å². The summed E-state index contributed by atoms with van der Waals surface area (Å²) in [5.74, 6) is 1.23. The van der Waals surface area contributed by atoms with Crippen LogP contribution in [0.3, 0.4) is 0 Å². The second-order valence-electron chi connectivity index (χ2n) is 8.26. The fourth-order valence-corrected chi connectivity index (χ4v) is 3.21. The predicted octanol–water partition coefficient (Wildman–Crippen LogP) is 5.23. The molecule has 0 aliphatic heterocycles. The lowest BCUT2D eigenvalue weighted by Gasteiger charge is -2.35. The van der Waals surface area contributed by atoms with E-state index < -0.39 is 0 Å². The summed E-state index contributed by atoms with van der Waals surface area (Å²) in [7, 11) is 0. The average molecular weight is 275 g/mol. The fraction of sp³-hybridized carbons (Fsp3) is 0.684. The Labute approximate surface area is 126 Å². The van der Waals surface area contributed by atoms with E-state index in [1.165, 1.54) is 12.0 Å². The molecular weight excluding hydrogens is 242 g/mol. The Morgan fingerprint density at radius 1 is 0.950 bits per heavy atom. The first-order valence-electron chi connectivity index (χ1n) is 7.91. The lowest BCUT2D eigenvalue weighted by Crippen LogP contribution is -2.44. The van der Waals surface area contributed by atoms with Gasteiger partial charge in [-0.25, -0.2) is 0 Å². The Hall–Kier alpha value is -0.820. The highest BCUT2D eigenvalue weighted by molar-refractivity contribution is 5.20. The third-order valence-corrected chi connectivity index (χ3v) is 3.81. The minimum atomic E-state index is 0.181. The summed E-state index contributed by atoms with van der Waals surface area (Å²) in [6.45, 7) is 17.3. The van der Waals surface area contributed by atoms with Gasteiger partial charge >= 0.3 is 0 Å². The molecule has 0 radical (unpaired) electrons. The molecule has 1 heteroatoms. The molecule has 0 fully saturated rings. The Balaban J connectivity index is 2.69. The highest BCUT2D eigenvalue weighted by Crippen LogP contribution is 2.29. The quantitative estimate of drug-likeness (QED) is 0.749. The van der Waals surface area contributed by atoms with Crippen molar-refractivity contribution in [3.63, 3.8) is 0 Å². The number of rotatable bonds is 6. The van der Waals surface area contributed by atoms with Crippen molar-refractivity contribution in [2.24, 2.45) is 11.3 Å². The van der Waals surface area contributed by atoms with Crippen LogP contribution in [-0.2, 0) is 0 Å². The zero-order valence-corrected chi connectivity index (χ0v) is 14.5. The summed E-state index contributed by atoms with van der Waals surface area (Å²) in [5, 5.41) is 3.80. The summed E-state index contributed by atoms with van der Waals surface area (Å²) in [6.07, 6.45) is 1.18. The van der Waals surface area contributed by atoms with Crippen LogP contribution in [0.4, 0.5) is 0 Å². The van der Waals surface area contributed by atoms with E-state index in [0.29, 0.717) is 17.3 Å². The van der Waals surface area contributed by atoms with E-state index in [-0.39, 0.29) is 5.54 Å². The Bertz CT molecular complexity index is 384. The number of nitrogens with one attached hydrogen (secondary N) is 1. The molecule has 0 aliphatic rings. The molecule has 0 aromatic heterocycles. The smallest absolute Gasteiger partial charge is 0.0130 e. The van der Waals surface area contributed by atoms with E-state index in [1.54, 1.807) is 0 Å². The molecule has 1 atom stereocenters. The van der Waals surface area contributed by atoms with E-state index >= 15 is 0 Å². The minimum absolute atomic E-state index is 0.181. The van der Waals surface area contributed by atoms with E-state index in [4.69, 9.17) is 0 Å². The van der Waals surface area contributed by atoms with Crippen LogP contribution in [0.15, 0.2) is 30.3 Å². The molecule has 1 aromatic carbocycles. The van der Waals surface area contributed by atoms with Crippen molar-refractivity contribution in [3.05, 3.63) is 35.9 Å². The van der Waals surface area contributed by atoms with Crippen LogP contribution in [0.25, 0.3) is 0 Å². The molecule has 0 aliphatic carbocycles. The number of hydrogen-bond donors (Lipinski definition) is 1. The van der Waals surface area contributed by atoms with Crippen LogP contribution < -0.4 is 5.32 Å². The van der Waals surface area contributed by atoms with Gasteiger partial charge in [-0.05, 0) is 43.1 Å². The second-order valence-corrected chi connectivity index (χ2v) is 8.26. The van der Waals surface area contributed by atoms with Crippen LogP contribution in [0.5, 0.6) is 0 Å². The summed E-state index contributed by atoms with van der Waals surface area (Å²) in [4.78, 5) is 0. The third kappa shape index (κ3) is 6.09. The van der Waals surface area contributed by atoms with Gasteiger partial charge in [0.25, 0.3) is 0 Å². The molecule has 0 spiro atoms. The highest BCUT2D eigenvalue weighted by atomic mass is 15.0. The summed E-state index contributed by atoms with van der Waals surface area (Å²) in [6, 6.07) is 10.9. The number of hydrogen-bond acceptors (Lipinski definition) is 1. The molecule has 114 valence electrons. The molecular formula is C19H33N. The van der Waals surface area contributed by atoms with Crippen LogP contribution in [0.2, 0.25) is 0 Å². The SMILES string of the molecule is CC(C)C(CNC(C)(C)CC(C)(C)C)c1ccccc1. The Morgan fingerprint density at radius 2 is 1.50 bits per heavy atom. The highest BCUT2D eigenvalue weighted by Gasteiger charge is 2.26. The summed E-state index contributed by atoms with van der Waals surface area (Å²) < 4.78 is 0. The van der Waals surface area contributed by atoms with Crippen LogP contribution in [-0.4, -0.2) is 12.1 Å². The minimum Gasteiger partial charge on any atom is -0.311 e. The van der Waals surface area contributed by atoms with Crippen LogP contribution in [0, 0.1) is 11.3 Å². The Kier molecular flexibility index (Phi) is 5.82. The fourth-order valence-electron chi connectivity index (χ4n) is 3.21. The number of benzene rings is 1. The van der Waals surface area contributed by atoms with Gasteiger partial charge in [0.15, 0.2) is 0 Å². The van der Waals surface area contributed by atoms with Gasteiger partial charge in [-0.2, -0.15) is 0 Å². The van der Waals surface area contributed by atoms with Gasteiger partial charge in [0, 0.05) is 12.1 Å². The van der Waals surface area contributed by atoms with Crippen LogP contribution >= 0.6 is 0 Å². The molecule has 20 heavy (non-hydrogen) atoms. The predicted molar refractivity (Wildman–Crippen MR) is 90.2 cm³/mol. The standard InChI is InChI=1S/C19H33N/c1-15(2)17(16-11-9-8-10-12-16)13-20-19(6,7)14-18(3,4)5/h8-12,15,17,20H,13-14H2,1-7H3. The van der Waals surface area contributed by atoms with Gasteiger partial charge in [-0.3, -0.25) is 0 Å². The zero-order valence-electron chi connectivity index (χ0n) is 14.5. The largest absolute Gasteiger partial charge is 0.311 e. The first kappa shape index (κ1) is 17.2. The van der Waals surface area contributed by atoms with Gasteiger partial charge in [0.05, 0.1) is 0 Å². The van der Waals surface area contributed by atoms with Crippen molar-refractivity contribution in [1.29, 1.82) is 0 Å². The van der Waals surface area contributed by atoms with Gasteiger partial charge in [-0.15, -0.1) is 0 Å².